The summed E-state index contributed by atoms with van der Waals surface area (Å²) in [5.41, 5.74) is -2.62. The first-order chi connectivity index (χ1) is 29.8. The van der Waals surface area contributed by atoms with Gasteiger partial charge in [-0.15, -0.1) is 0 Å². The van der Waals surface area contributed by atoms with Crippen molar-refractivity contribution in [3.8, 4) is 0 Å². The molecule has 10 N–H and O–H groups in total. The van der Waals surface area contributed by atoms with Gasteiger partial charge in [-0.05, 0) is 111 Å². The van der Waals surface area contributed by atoms with E-state index in [1.54, 1.807) is 0 Å². The Balaban J connectivity index is 1.05. The van der Waals surface area contributed by atoms with Crippen molar-refractivity contribution in [1.82, 2.24) is 0 Å². The van der Waals surface area contributed by atoms with Gasteiger partial charge in [0.05, 0.1) is 36.4 Å². The second kappa shape index (κ2) is 16.9. The van der Waals surface area contributed by atoms with Gasteiger partial charge >= 0.3 is 5.97 Å². The van der Waals surface area contributed by atoms with E-state index in [4.69, 9.17) is 28.4 Å². The molecule has 0 unspecified atom stereocenters. The van der Waals surface area contributed by atoms with Gasteiger partial charge in [-0.1, -0.05) is 53.2 Å². The minimum atomic E-state index is -1.74. The van der Waals surface area contributed by atoms with E-state index in [1.807, 2.05) is 13.8 Å². The molecule has 24 atom stereocenters. The third-order valence-electron chi connectivity index (χ3n) is 19.3. The number of hydrogen-bond donors (Lipinski definition) is 10. The quantitative estimate of drug-likeness (QED) is 0.0960. The molecule has 3 heterocycles. The molecule has 4 saturated carbocycles. The SMILES string of the molecule is C[C@@H]1O[C@@H](O[C@H]2[C@@H](O[C@H]3CC[C@]4(C)[C@H]5CC=C6[C@H]7[C@](C(=O)O[C@@H]8O[C@H](CO)[C@@H](O)[C@H](O)[C@H]8O)(CC[C@H](C)[C@@]7(C)O)CC[C@@]6(C)[C@]5(C)CC[C@H]4C3(C)C)OC[C@H](O)[C@@H]2O)[C@H](O)[C@H](O)[C@H]1O. The van der Waals surface area contributed by atoms with Crippen LogP contribution in [0, 0.1) is 50.7 Å². The molecule has 17 heteroatoms. The Bertz CT molecular complexity index is 1760. The third kappa shape index (κ3) is 7.23. The molecular weight excluding hydrogens is 836 g/mol. The van der Waals surface area contributed by atoms with Gasteiger partial charge in [-0.3, -0.25) is 4.79 Å². The van der Waals surface area contributed by atoms with Gasteiger partial charge in [0.15, 0.2) is 12.6 Å². The fourth-order valence-electron chi connectivity index (χ4n) is 14.9. The van der Waals surface area contributed by atoms with Crippen molar-refractivity contribution >= 4 is 5.97 Å². The van der Waals surface area contributed by atoms with E-state index >= 15 is 0 Å². The van der Waals surface area contributed by atoms with Gasteiger partial charge in [0.1, 0.15) is 61.0 Å². The van der Waals surface area contributed by atoms with Crippen LogP contribution in [-0.4, -0.2) is 168 Å². The summed E-state index contributed by atoms with van der Waals surface area (Å²) < 4.78 is 36.1. The van der Waals surface area contributed by atoms with Crippen LogP contribution in [0.2, 0.25) is 0 Å². The Hall–Kier alpha value is -1.39. The number of carbonyl (C=O) groups excluding carboxylic acids is 1. The van der Waals surface area contributed by atoms with Crippen LogP contribution in [0.4, 0.5) is 0 Å². The molecule has 17 nitrogen and oxygen atoms in total. The Labute approximate surface area is 376 Å². The first-order valence-corrected chi connectivity index (χ1v) is 23.7. The van der Waals surface area contributed by atoms with Crippen molar-refractivity contribution in [1.29, 1.82) is 0 Å². The van der Waals surface area contributed by atoms with E-state index in [2.05, 4.69) is 40.7 Å². The monoisotopic (exact) mass is 913 g/mol. The fraction of sp³-hybridized carbons (Fsp3) is 0.936. The molecule has 0 aromatic carbocycles. The van der Waals surface area contributed by atoms with Gasteiger partial charge in [-0.2, -0.15) is 0 Å². The Morgan fingerprint density at radius 2 is 1.39 bits per heavy atom. The maximum atomic E-state index is 14.7. The lowest BCUT2D eigenvalue weighted by Gasteiger charge is -2.72. The number of hydrogen-bond acceptors (Lipinski definition) is 17. The van der Waals surface area contributed by atoms with Crippen molar-refractivity contribution < 1.29 is 84.3 Å². The predicted molar refractivity (Wildman–Crippen MR) is 224 cm³/mol. The molecule has 3 aliphatic heterocycles. The predicted octanol–water partition coefficient (Wildman–Crippen LogP) is 0.778. The standard InChI is InChI=1S/C47H76O17/c1-21-11-16-47(41(57)64-39-35(56)33(54)31(52)25(19-48)61-39)18-17-44(6)23(37(47)46(21,8)58)9-10-27-43(5)14-13-28(42(3,4)26(43)12-15-45(27,44)7)62-40-36(30(51)24(49)20-59-40)63-38-34(55)32(53)29(50)22(2)60-38/h9,21-22,24-40,48-56,58H,10-20H2,1-8H3/t21-,22-,24-,25+,26-,27+,28-,29-,30-,31+,32+,33-,34+,35+,36+,37+,38-,39-,40+,43-,44+,45+,46+,47-/m0/s1. The zero-order chi connectivity index (χ0) is 46.9. The molecule has 366 valence electrons. The van der Waals surface area contributed by atoms with E-state index in [9.17, 15) is 55.9 Å². The number of allylic oxidation sites excluding steroid dienone is 1. The molecule has 0 radical (unpaired) electrons. The largest absolute Gasteiger partial charge is 0.432 e. The Morgan fingerprint density at radius 1 is 0.719 bits per heavy atom. The van der Waals surface area contributed by atoms with Crippen molar-refractivity contribution in [2.45, 2.75) is 211 Å². The smallest absolute Gasteiger partial charge is 0.315 e. The van der Waals surface area contributed by atoms with Crippen LogP contribution in [0.15, 0.2) is 11.6 Å². The van der Waals surface area contributed by atoms with Crippen molar-refractivity contribution in [2.24, 2.45) is 50.7 Å². The summed E-state index contributed by atoms with van der Waals surface area (Å²) in [7, 11) is 0. The highest BCUT2D eigenvalue weighted by atomic mass is 16.8. The first-order valence-electron chi connectivity index (χ1n) is 23.7. The molecule has 3 saturated heterocycles. The third-order valence-corrected chi connectivity index (χ3v) is 19.3. The minimum absolute atomic E-state index is 0.144. The molecule has 7 fully saturated rings. The van der Waals surface area contributed by atoms with Crippen molar-refractivity contribution in [3.05, 3.63) is 11.6 Å². The van der Waals surface area contributed by atoms with Gasteiger partial charge in [0, 0.05) is 5.92 Å². The molecule has 0 spiro atoms. The van der Waals surface area contributed by atoms with Gasteiger partial charge in [0.25, 0.3) is 0 Å². The second-order valence-corrected chi connectivity index (χ2v) is 22.7. The normalized spacial score (nSPS) is 56.1. The summed E-state index contributed by atoms with van der Waals surface area (Å²) in [5.74, 6) is -0.983. The topological polar surface area (TPSA) is 275 Å². The lowest BCUT2D eigenvalue weighted by molar-refractivity contribution is -0.364. The van der Waals surface area contributed by atoms with Crippen LogP contribution in [-0.2, 0) is 33.2 Å². The van der Waals surface area contributed by atoms with Crippen LogP contribution in [0.3, 0.4) is 0 Å². The molecule has 0 amide bonds. The highest BCUT2D eigenvalue weighted by Gasteiger charge is 2.72. The van der Waals surface area contributed by atoms with E-state index in [0.29, 0.717) is 32.1 Å². The van der Waals surface area contributed by atoms with E-state index < -0.39 is 126 Å². The van der Waals surface area contributed by atoms with Gasteiger partial charge < -0.3 is 79.5 Å². The van der Waals surface area contributed by atoms with Crippen LogP contribution in [0.1, 0.15) is 113 Å². The van der Waals surface area contributed by atoms with Crippen LogP contribution in [0.5, 0.6) is 0 Å². The summed E-state index contributed by atoms with van der Waals surface area (Å²) in [5, 5.41) is 107. The first kappa shape index (κ1) is 49.0. The number of carbonyl (C=O) groups is 1. The zero-order valence-electron chi connectivity index (χ0n) is 38.7. The molecule has 5 aliphatic carbocycles. The number of aliphatic hydroxyl groups is 10. The number of ether oxygens (including phenoxy) is 6. The zero-order valence-corrected chi connectivity index (χ0v) is 38.7. The minimum Gasteiger partial charge on any atom is -0.432 e. The maximum Gasteiger partial charge on any atom is 0.315 e. The van der Waals surface area contributed by atoms with Gasteiger partial charge in [0.2, 0.25) is 6.29 Å². The molecule has 0 aromatic rings. The van der Waals surface area contributed by atoms with Gasteiger partial charge in [-0.25, -0.2) is 0 Å². The fourth-order valence-corrected chi connectivity index (χ4v) is 14.9. The number of rotatable bonds is 7. The number of aliphatic hydroxyl groups excluding tert-OH is 9. The van der Waals surface area contributed by atoms with Crippen LogP contribution < -0.4 is 0 Å². The highest BCUT2D eigenvalue weighted by Crippen LogP contribution is 2.76. The Morgan fingerprint density at radius 3 is 2.08 bits per heavy atom. The Kier molecular flexibility index (Phi) is 13.0. The summed E-state index contributed by atoms with van der Waals surface area (Å²) in [4.78, 5) is 14.7. The molecule has 0 bridgehead atoms. The van der Waals surface area contributed by atoms with Crippen LogP contribution >= 0.6 is 0 Å². The lowest BCUT2D eigenvalue weighted by atomic mass is 9.33. The molecular formula is C47H76O17. The second-order valence-electron chi connectivity index (χ2n) is 22.7. The molecule has 0 aromatic heterocycles. The van der Waals surface area contributed by atoms with E-state index in [0.717, 1.165) is 31.3 Å². The summed E-state index contributed by atoms with van der Waals surface area (Å²) in [6, 6.07) is 0. The average molecular weight is 913 g/mol. The summed E-state index contributed by atoms with van der Waals surface area (Å²) in [6.07, 6.45) is -12.0. The summed E-state index contributed by atoms with van der Waals surface area (Å²) in [6.45, 7) is 16.0. The average Bonchev–Trinajstić information content (AvgIpc) is 3.24. The van der Waals surface area contributed by atoms with Crippen molar-refractivity contribution in [2.75, 3.05) is 13.2 Å². The maximum absolute atomic E-state index is 14.7. The lowest BCUT2D eigenvalue weighted by Crippen LogP contribution is -2.68. The van der Waals surface area contributed by atoms with Crippen molar-refractivity contribution in [3.63, 3.8) is 0 Å². The molecule has 8 rings (SSSR count). The number of fused-ring (bicyclic) bond motifs is 7. The molecule has 8 aliphatic rings. The molecule has 64 heavy (non-hydrogen) atoms. The van der Waals surface area contributed by atoms with E-state index in [-0.39, 0.29) is 41.3 Å². The number of esters is 1. The highest BCUT2D eigenvalue weighted by molar-refractivity contribution is 5.79. The van der Waals surface area contributed by atoms with E-state index in [1.165, 1.54) is 6.92 Å². The summed E-state index contributed by atoms with van der Waals surface area (Å²) >= 11 is 0. The van der Waals surface area contributed by atoms with Crippen LogP contribution in [0.25, 0.3) is 0 Å².